The molecule has 0 aromatic carbocycles. The molecule has 0 spiro atoms. The zero-order chi connectivity index (χ0) is 13.0. The fourth-order valence-electron chi connectivity index (χ4n) is 3.62. The Balaban J connectivity index is 2.03. The van der Waals surface area contributed by atoms with E-state index in [4.69, 9.17) is 5.73 Å². The van der Waals surface area contributed by atoms with Crippen molar-refractivity contribution in [3.8, 4) is 0 Å². The van der Waals surface area contributed by atoms with Crippen molar-refractivity contribution in [3.05, 3.63) is 0 Å². The van der Waals surface area contributed by atoms with E-state index >= 15 is 0 Å². The summed E-state index contributed by atoms with van der Waals surface area (Å²) in [6, 6.07) is 1.22. The molecule has 104 valence electrons. The lowest BCUT2D eigenvalue weighted by atomic mass is 9.94. The number of guanidine groups is 1. The molecule has 1 aliphatic carbocycles. The SMILES string of the molecule is CCCC(C)C1CN=C(N)N1C1CCCCCC1. The normalized spacial score (nSPS) is 28.0. The third-order valence-corrected chi connectivity index (χ3v) is 4.68. The van der Waals surface area contributed by atoms with Gasteiger partial charge >= 0.3 is 0 Å². The van der Waals surface area contributed by atoms with Crippen LogP contribution in [0, 0.1) is 5.92 Å². The van der Waals surface area contributed by atoms with Crippen molar-refractivity contribution in [2.75, 3.05) is 6.54 Å². The smallest absolute Gasteiger partial charge is 0.191 e. The molecule has 1 saturated carbocycles. The van der Waals surface area contributed by atoms with Gasteiger partial charge in [-0.2, -0.15) is 0 Å². The van der Waals surface area contributed by atoms with Gasteiger partial charge in [-0.25, -0.2) is 0 Å². The maximum absolute atomic E-state index is 6.16. The van der Waals surface area contributed by atoms with E-state index in [9.17, 15) is 0 Å². The minimum atomic E-state index is 0.563. The van der Waals surface area contributed by atoms with E-state index in [0.717, 1.165) is 12.5 Å². The predicted octanol–water partition coefficient (Wildman–Crippen LogP) is 3.14. The summed E-state index contributed by atoms with van der Waals surface area (Å²) in [5.74, 6) is 1.53. The molecule has 1 aliphatic heterocycles. The highest BCUT2D eigenvalue weighted by molar-refractivity contribution is 5.80. The third-order valence-electron chi connectivity index (χ3n) is 4.68. The first-order valence-corrected chi connectivity index (χ1v) is 7.82. The van der Waals surface area contributed by atoms with E-state index in [1.165, 1.54) is 51.4 Å². The highest BCUT2D eigenvalue weighted by Crippen LogP contribution is 2.29. The van der Waals surface area contributed by atoms with Crippen molar-refractivity contribution >= 4 is 5.96 Å². The fourth-order valence-corrected chi connectivity index (χ4v) is 3.62. The third kappa shape index (κ3) is 2.99. The number of hydrogen-bond acceptors (Lipinski definition) is 3. The molecule has 0 bridgehead atoms. The average Bonchev–Trinajstić information content (AvgIpc) is 2.58. The molecule has 2 rings (SSSR count). The Morgan fingerprint density at radius 2 is 1.94 bits per heavy atom. The van der Waals surface area contributed by atoms with E-state index in [1.54, 1.807) is 0 Å². The highest BCUT2D eigenvalue weighted by atomic mass is 15.3. The summed E-state index contributed by atoms with van der Waals surface area (Å²) in [4.78, 5) is 7.01. The average molecular weight is 251 g/mol. The molecule has 3 nitrogen and oxygen atoms in total. The Labute approximate surface area is 112 Å². The van der Waals surface area contributed by atoms with E-state index in [-0.39, 0.29) is 0 Å². The van der Waals surface area contributed by atoms with Crippen LogP contribution in [0.2, 0.25) is 0 Å². The van der Waals surface area contributed by atoms with Crippen LogP contribution < -0.4 is 5.73 Å². The molecule has 1 fully saturated rings. The molecular weight excluding hydrogens is 222 g/mol. The minimum absolute atomic E-state index is 0.563. The largest absolute Gasteiger partial charge is 0.370 e. The van der Waals surface area contributed by atoms with Crippen LogP contribution in [0.5, 0.6) is 0 Å². The Kier molecular flexibility index (Phi) is 4.90. The van der Waals surface area contributed by atoms with Crippen LogP contribution in [0.25, 0.3) is 0 Å². The van der Waals surface area contributed by atoms with Gasteiger partial charge in [0.05, 0.1) is 12.6 Å². The molecule has 1 heterocycles. The molecule has 18 heavy (non-hydrogen) atoms. The topological polar surface area (TPSA) is 41.6 Å². The van der Waals surface area contributed by atoms with Gasteiger partial charge in [-0.05, 0) is 25.2 Å². The van der Waals surface area contributed by atoms with Gasteiger partial charge in [0.25, 0.3) is 0 Å². The molecule has 2 atom stereocenters. The minimum Gasteiger partial charge on any atom is -0.370 e. The first kappa shape index (κ1) is 13.7. The van der Waals surface area contributed by atoms with Crippen LogP contribution in [-0.4, -0.2) is 29.5 Å². The molecule has 0 saturated heterocycles. The van der Waals surface area contributed by atoms with E-state index in [0.29, 0.717) is 18.0 Å². The molecule has 2 aliphatic rings. The lowest BCUT2D eigenvalue weighted by Gasteiger charge is -2.37. The predicted molar refractivity (Wildman–Crippen MR) is 77.7 cm³/mol. The van der Waals surface area contributed by atoms with Crippen molar-refractivity contribution in [2.24, 2.45) is 16.6 Å². The van der Waals surface area contributed by atoms with Crippen LogP contribution in [0.1, 0.15) is 65.2 Å². The van der Waals surface area contributed by atoms with Gasteiger partial charge in [-0.1, -0.05) is 46.0 Å². The first-order chi connectivity index (χ1) is 8.74. The number of rotatable bonds is 4. The van der Waals surface area contributed by atoms with E-state index in [2.05, 4.69) is 23.7 Å². The number of nitrogens with zero attached hydrogens (tertiary/aromatic N) is 2. The van der Waals surface area contributed by atoms with Crippen molar-refractivity contribution in [2.45, 2.75) is 77.3 Å². The molecule has 3 heteroatoms. The zero-order valence-corrected chi connectivity index (χ0v) is 12.1. The summed E-state index contributed by atoms with van der Waals surface area (Å²) >= 11 is 0. The summed E-state index contributed by atoms with van der Waals surface area (Å²) < 4.78 is 0. The van der Waals surface area contributed by atoms with Gasteiger partial charge in [0.15, 0.2) is 5.96 Å². The Morgan fingerprint density at radius 1 is 1.28 bits per heavy atom. The second-order valence-electron chi connectivity index (χ2n) is 6.08. The summed E-state index contributed by atoms with van der Waals surface area (Å²) in [7, 11) is 0. The Morgan fingerprint density at radius 3 is 2.56 bits per heavy atom. The lowest BCUT2D eigenvalue weighted by molar-refractivity contribution is 0.183. The maximum atomic E-state index is 6.16. The van der Waals surface area contributed by atoms with Gasteiger partial charge in [0.1, 0.15) is 0 Å². The lowest BCUT2D eigenvalue weighted by Crippen LogP contribution is -2.49. The molecule has 0 aromatic rings. The van der Waals surface area contributed by atoms with E-state index in [1.807, 2.05) is 0 Å². The van der Waals surface area contributed by atoms with Gasteiger partial charge in [-0.3, -0.25) is 4.99 Å². The summed E-state index contributed by atoms with van der Waals surface area (Å²) in [6.45, 7) is 5.56. The van der Waals surface area contributed by atoms with Gasteiger partial charge in [0.2, 0.25) is 0 Å². The van der Waals surface area contributed by atoms with Crippen LogP contribution in [0.3, 0.4) is 0 Å². The quantitative estimate of drug-likeness (QED) is 0.780. The molecule has 0 amide bonds. The second kappa shape index (κ2) is 6.44. The monoisotopic (exact) mass is 251 g/mol. The summed E-state index contributed by atoms with van der Waals surface area (Å²) in [5, 5.41) is 0. The van der Waals surface area contributed by atoms with Crippen molar-refractivity contribution in [1.29, 1.82) is 0 Å². The van der Waals surface area contributed by atoms with Crippen molar-refractivity contribution < 1.29 is 0 Å². The second-order valence-corrected chi connectivity index (χ2v) is 6.08. The van der Waals surface area contributed by atoms with Crippen LogP contribution in [-0.2, 0) is 0 Å². The van der Waals surface area contributed by atoms with Crippen molar-refractivity contribution in [1.82, 2.24) is 4.90 Å². The molecule has 0 radical (unpaired) electrons. The Bertz CT molecular complexity index is 279. The molecule has 0 aromatic heterocycles. The Hall–Kier alpha value is -0.730. The first-order valence-electron chi connectivity index (χ1n) is 7.82. The van der Waals surface area contributed by atoms with Gasteiger partial charge in [0, 0.05) is 6.04 Å². The standard InChI is InChI=1S/C15H29N3/c1-3-8-12(2)14-11-17-15(16)18(14)13-9-6-4-5-7-10-13/h12-14H,3-11H2,1-2H3,(H2,16,17). The molecule has 2 unspecified atom stereocenters. The van der Waals surface area contributed by atoms with Gasteiger partial charge < -0.3 is 10.6 Å². The van der Waals surface area contributed by atoms with Crippen LogP contribution >= 0.6 is 0 Å². The highest BCUT2D eigenvalue weighted by Gasteiger charge is 2.35. The number of nitrogens with two attached hydrogens (primary N) is 1. The zero-order valence-electron chi connectivity index (χ0n) is 12.1. The van der Waals surface area contributed by atoms with E-state index < -0.39 is 0 Å². The fraction of sp³-hybridized carbons (Fsp3) is 0.933. The summed E-state index contributed by atoms with van der Waals surface area (Å²) in [6.07, 6.45) is 10.7. The molecule has 2 N–H and O–H groups in total. The van der Waals surface area contributed by atoms with Gasteiger partial charge in [-0.15, -0.1) is 0 Å². The summed E-state index contributed by atoms with van der Waals surface area (Å²) in [5.41, 5.74) is 6.16. The number of aliphatic imine (C=N–C) groups is 1. The van der Waals surface area contributed by atoms with Crippen LogP contribution in [0.15, 0.2) is 4.99 Å². The van der Waals surface area contributed by atoms with Crippen molar-refractivity contribution in [3.63, 3.8) is 0 Å². The van der Waals surface area contributed by atoms with Crippen LogP contribution in [0.4, 0.5) is 0 Å². The number of hydrogen-bond donors (Lipinski definition) is 1. The molecular formula is C15H29N3. The maximum Gasteiger partial charge on any atom is 0.191 e.